The van der Waals surface area contributed by atoms with Crippen LogP contribution in [-0.2, 0) is 10.0 Å². The molecule has 0 aromatic carbocycles. The minimum atomic E-state index is -4.37. The van der Waals surface area contributed by atoms with Crippen LogP contribution >= 0.6 is 0 Å². The first-order valence-corrected chi connectivity index (χ1v) is 7.63. The third-order valence-corrected chi connectivity index (χ3v) is 4.64. The van der Waals surface area contributed by atoms with Crippen molar-refractivity contribution in [1.82, 2.24) is 4.31 Å². The lowest BCUT2D eigenvalue weighted by molar-refractivity contribution is -0.134. The Hall–Kier alpha value is -1.03. The average Bonchev–Trinajstić information content (AvgIpc) is 2.25. The molecule has 0 aliphatic carbocycles. The Labute approximate surface area is 116 Å². The Morgan fingerprint density at radius 1 is 1.40 bits per heavy atom. The highest BCUT2D eigenvalue weighted by Crippen LogP contribution is 2.22. The number of nitrogens with two attached hydrogens (primary N) is 1. The summed E-state index contributed by atoms with van der Waals surface area (Å²) in [6.45, 7) is 3.17. The van der Waals surface area contributed by atoms with Crippen molar-refractivity contribution in [2.75, 3.05) is 12.3 Å². The number of halogens is 3. The summed E-state index contributed by atoms with van der Waals surface area (Å²) in [4.78, 5) is 0. The lowest BCUT2D eigenvalue weighted by Crippen LogP contribution is -2.40. The van der Waals surface area contributed by atoms with Gasteiger partial charge < -0.3 is 10.9 Å². The molecule has 0 bridgehead atoms. The summed E-state index contributed by atoms with van der Waals surface area (Å²) in [6.07, 6.45) is -5.99. The van der Waals surface area contributed by atoms with Crippen molar-refractivity contribution in [2.45, 2.75) is 45.3 Å². The van der Waals surface area contributed by atoms with Crippen molar-refractivity contribution in [3.05, 3.63) is 0 Å². The minimum Gasteiger partial charge on any atom is -0.409 e. The van der Waals surface area contributed by atoms with Crippen molar-refractivity contribution in [1.29, 1.82) is 0 Å². The topological polar surface area (TPSA) is 96.0 Å². The van der Waals surface area contributed by atoms with Gasteiger partial charge in [0, 0.05) is 25.4 Å². The van der Waals surface area contributed by atoms with Gasteiger partial charge in [-0.15, -0.1) is 0 Å². The molecule has 20 heavy (non-hydrogen) atoms. The van der Waals surface area contributed by atoms with Gasteiger partial charge in [-0.25, -0.2) is 8.42 Å². The Bertz CT molecular complexity index is 421. The molecule has 0 saturated heterocycles. The van der Waals surface area contributed by atoms with Gasteiger partial charge in [-0.3, -0.25) is 0 Å². The number of alkyl halides is 3. The van der Waals surface area contributed by atoms with Crippen LogP contribution in [-0.4, -0.2) is 48.3 Å². The van der Waals surface area contributed by atoms with E-state index in [2.05, 4.69) is 5.16 Å². The predicted octanol–water partition coefficient (Wildman–Crippen LogP) is 1.51. The fraction of sp³-hybridized carbons (Fsp3) is 0.900. The third kappa shape index (κ3) is 7.53. The molecule has 0 unspecified atom stereocenters. The molecule has 3 N–H and O–H groups in total. The Kier molecular flexibility index (Phi) is 7.28. The van der Waals surface area contributed by atoms with E-state index in [4.69, 9.17) is 10.9 Å². The van der Waals surface area contributed by atoms with Gasteiger partial charge in [0.2, 0.25) is 10.0 Å². The van der Waals surface area contributed by atoms with Crippen molar-refractivity contribution in [3.8, 4) is 0 Å². The molecule has 0 aliphatic rings. The molecule has 10 heteroatoms. The molecule has 0 aliphatic heterocycles. The molecular formula is C10H20F3N3O3S. The van der Waals surface area contributed by atoms with Crippen LogP contribution in [0.1, 0.15) is 33.1 Å². The molecule has 0 heterocycles. The first kappa shape index (κ1) is 19.0. The van der Waals surface area contributed by atoms with E-state index in [0.29, 0.717) is 0 Å². The van der Waals surface area contributed by atoms with Crippen LogP contribution in [0.5, 0.6) is 0 Å². The van der Waals surface area contributed by atoms with Crippen molar-refractivity contribution < 1.29 is 26.8 Å². The number of hydrogen-bond acceptors (Lipinski definition) is 4. The number of amidine groups is 1. The second-order valence-electron chi connectivity index (χ2n) is 4.58. The van der Waals surface area contributed by atoms with Gasteiger partial charge in [0.25, 0.3) is 0 Å². The summed E-state index contributed by atoms with van der Waals surface area (Å²) in [7, 11) is -3.81. The van der Waals surface area contributed by atoms with Crippen LogP contribution in [0.3, 0.4) is 0 Å². The van der Waals surface area contributed by atoms with E-state index >= 15 is 0 Å². The van der Waals surface area contributed by atoms with Crippen molar-refractivity contribution >= 4 is 15.9 Å². The molecule has 0 amide bonds. The molecule has 0 atom stereocenters. The maximum absolute atomic E-state index is 12.0. The number of hydrogen-bond donors (Lipinski definition) is 2. The number of sulfonamides is 1. The fourth-order valence-corrected chi connectivity index (χ4v) is 3.32. The van der Waals surface area contributed by atoms with Gasteiger partial charge in [0.05, 0.1) is 5.75 Å². The molecule has 6 nitrogen and oxygen atoms in total. The molecule has 0 saturated carbocycles. The van der Waals surface area contributed by atoms with Crippen molar-refractivity contribution in [2.24, 2.45) is 10.9 Å². The van der Waals surface area contributed by atoms with Crippen molar-refractivity contribution in [3.63, 3.8) is 0 Å². The van der Waals surface area contributed by atoms with Crippen LogP contribution in [0.2, 0.25) is 0 Å². The maximum Gasteiger partial charge on any atom is 0.389 e. The number of oxime groups is 1. The maximum atomic E-state index is 12.0. The van der Waals surface area contributed by atoms with Gasteiger partial charge >= 0.3 is 6.18 Å². The SMILES string of the molecule is CC(C)N(CCC(N)=NO)S(=O)(=O)CCCC(F)(F)F. The van der Waals surface area contributed by atoms with Crippen LogP contribution in [0.4, 0.5) is 13.2 Å². The largest absolute Gasteiger partial charge is 0.409 e. The van der Waals surface area contributed by atoms with Gasteiger partial charge in [-0.05, 0) is 20.3 Å². The smallest absolute Gasteiger partial charge is 0.389 e. The number of rotatable bonds is 8. The van der Waals surface area contributed by atoms with Gasteiger partial charge in [0.15, 0.2) is 0 Å². The van der Waals surface area contributed by atoms with E-state index < -0.39 is 40.8 Å². The Morgan fingerprint density at radius 2 is 1.95 bits per heavy atom. The first-order valence-electron chi connectivity index (χ1n) is 6.02. The summed E-state index contributed by atoms with van der Waals surface area (Å²) < 4.78 is 61.1. The second-order valence-corrected chi connectivity index (χ2v) is 6.62. The van der Waals surface area contributed by atoms with Gasteiger partial charge in [0.1, 0.15) is 5.84 Å². The van der Waals surface area contributed by atoms with Gasteiger partial charge in [-0.1, -0.05) is 5.16 Å². The zero-order valence-electron chi connectivity index (χ0n) is 11.4. The van der Waals surface area contributed by atoms with E-state index in [0.717, 1.165) is 4.31 Å². The molecule has 120 valence electrons. The van der Waals surface area contributed by atoms with Crippen LogP contribution in [0.15, 0.2) is 5.16 Å². The minimum absolute atomic E-state index is 0.00712. The summed E-state index contributed by atoms with van der Waals surface area (Å²) in [5.41, 5.74) is 5.25. The summed E-state index contributed by atoms with van der Waals surface area (Å²) in [5, 5.41) is 11.1. The standard InChI is InChI=1S/C10H20F3N3O3S/c1-8(2)16(6-4-9(14)15-17)20(18,19)7-3-5-10(11,12)13/h8,17H,3-7H2,1-2H3,(H2,14,15). The normalized spacial score (nSPS) is 14.2. The van der Waals surface area contributed by atoms with E-state index in [1.807, 2.05) is 0 Å². The molecular weight excluding hydrogens is 299 g/mol. The molecule has 0 rings (SSSR count). The second kappa shape index (κ2) is 7.67. The fourth-order valence-electron chi connectivity index (χ4n) is 1.57. The number of nitrogens with zero attached hydrogens (tertiary/aromatic N) is 2. The highest BCUT2D eigenvalue weighted by molar-refractivity contribution is 7.89. The average molecular weight is 319 g/mol. The highest BCUT2D eigenvalue weighted by atomic mass is 32.2. The predicted molar refractivity (Wildman–Crippen MR) is 68.9 cm³/mol. The van der Waals surface area contributed by atoms with E-state index in [9.17, 15) is 21.6 Å². The quantitative estimate of drug-likeness (QED) is 0.307. The lowest BCUT2D eigenvalue weighted by Gasteiger charge is -2.25. The molecule has 0 radical (unpaired) electrons. The summed E-state index contributed by atoms with van der Waals surface area (Å²) in [5.74, 6) is -0.720. The monoisotopic (exact) mass is 319 g/mol. The van der Waals surface area contributed by atoms with E-state index in [1.165, 1.54) is 0 Å². The Balaban J connectivity index is 4.64. The lowest BCUT2D eigenvalue weighted by atomic mass is 10.3. The zero-order valence-corrected chi connectivity index (χ0v) is 12.2. The molecule has 0 fully saturated rings. The summed E-state index contributed by atoms with van der Waals surface area (Å²) >= 11 is 0. The Morgan fingerprint density at radius 3 is 2.35 bits per heavy atom. The molecule has 0 aromatic rings. The molecule has 0 spiro atoms. The van der Waals surface area contributed by atoms with E-state index in [-0.39, 0.29) is 18.8 Å². The zero-order chi connectivity index (χ0) is 16.0. The molecule has 0 aromatic heterocycles. The van der Waals surface area contributed by atoms with Gasteiger partial charge in [-0.2, -0.15) is 17.5 Å². The van der Waals surface area contributed by atoms with Crippen LogP contribution < -0.4 is 5.73 Å². The summed E-state index contributed by atoms with van der Waals surface area (Å²) in [6, 6.07) is -0.419. The first-order chi connectivity index (χ1) is 8.99. The third-order valence-electron chi connectivity index (χ3n) is 2.51. The van der Waals surface area contributed by atoms with Crippen LogP contribution in [0, 0.1) is 0 Å². The van der Waals surface area contributed by atoms with E-state index in [1.54, 1.807) is 13.8 Å². The van der Waals surface area contributed by atoms with Crippen LogP contribution in [0.25, 0.3) is 0 Å². The highest BCUT2D eigenvalue weighted by Gasteiger charge is 2.30.